The highest BCUT2D eigenvalue weighted by molar-refractivity contribution is 5.39. The molecule has 3 nitrogen and oxygen atoms in total. The van der Waals surface area contributed by atoms with Gasteiger partial charge in [0.15, 0.2) is 0 Å². The number of aliphatic hydroxyl groups is 1. The van der Waals surface area contributed by atoms with Gasteiger partial charge in [-0.15, -0.1) is 0 Å². The van der Waals surface area contributed by atoms with Crippen molar-refractivity contribution in [1.82, 2.24) is 0 Å². The van der Waals surface area contributed by atoms with Crippen LogP contribution in [0.4, 0.5) is 0 Å². The average molecular weight is 239 g/mol. The van der Waals surface area contributed by atoms with Crippen molar-refractivity contribution in [3.8, 4) is 17.6 Å². The van der Waals surface area contributed by atoms with Gasteiger partial charge in [-0.25, -0.2) is 0 Å². The second-order valence-corrected chi connectivity index (χ2v) is 3.99. The van der Waals surface area contributed by atoms with Gasteiger partial charge < -0.3 is 9.84 Å². The Kier molecular flexibility index (Phi) is 3.61. The zero-order chi connectivity index (χ0) is 13.0. The summed E-state index contributed by atoms with van der Waals surface area (Å²) in [4.78, 5) is 0. The minimum absolute atomic E-state index is 0.485. The highest BCUT2D eigenvalue weighted by atomic mass is 16.5. The molecule has 90 valence electrons. The van der Waals surface area contributed by atoms with Gasteiger partial charge in [-0.3, -0.25) is 0 Å². The van der Waals surface area contributed by atoms with Crippen LogP contribution in [-0.4, -0.2) is 5.11 Å². The Labute approximate surface area is 106 Å². The van der Waals surface area contributed by atoms with Crippen LogP contribution >= 0.6 is 0 Å². The van der Waals surface area contributed by atoms with Crippen LogP contribution in [0.15, 0.2) is 48.5 Å². The summed E-state index contributed by atoms with van der Waals surface area (Å²) in [6, 6.07) is 16.3. The fourth-order valence-electron chi connectivity index (χ4n) is 1.58. The third-order valence-corrected chi connectivity index (χ3v) is 2.56. The third kappa shape index (κ3) is 2.88. The SMILES string of the molecule is CC(O)c1ccc(Oc2cccc(C#N)c2)cc1. The van der Waals surface area contributed by atoms with E-state index in [1.54, 1.807) is 43.3 Å². The van der Waals surface area contributed by atoms with Gasteiger partial charge in [-0.2, -0.15) is 5.26 Å². The number of nitriles is 1. The highest BCUT2D eigenvalue weighted by Crippen LogP contribution is 2.23. The average Bonchev–Trinajstić information content (AvgIpc) is 2.39. The van der Waals surface area contributed by atoms with Crippen LogP contribution in [0.2, 0.25) is 0 Å². The molecule has 0 aromatic heterocycles. The van der Waals surface area contributed by atoms with Crippen molar-refractivity contribution in [2.45, 2.75) is 13.0 Å². The van der Waals surface area contributed by atoms with E-state index >= 15 is 0 Å². The number of nitrogens with zero attached hydrogens (tertiary/aromatic N) is 1. The van der Waals surface area contributed by atoms with Gasteiger partial charge in [0, 0.05) is 0 Å². The van der Waals surface area contributed by atoms with Gasteiger partial charge in [-0.1, -0.05) is 18.2 Å². The molecule has 0 saturated carbocycles. The van der Waals surface area contributed by atoms with Crippen molar-refractivity contribution in [2.75, 3.05) is 0 Å². The number of rotatable bonds is 3. The van der Waals surface area contributed by atoms with Crippen LogP contribution in [-0.2, 0) is 0 Å². The molecular weight excluding hydrogens is 226 g/mol. The number of hydrogen-bond donors (Lipinski definition) is 1. The molecule has 1 N–H and O–H groups in total. The topological polar surface area (TPSA) is 53.2 Å². The Balaban J connectivity index is 2.16. The highest BCUT2D eigenvalue weighted by Gasteiger charge is 2.02. The van der Waals surface area contributed by atoms with E-state index in [-0.39, 0.29) is 0 Å². The first-order valence-corrected chi connectivity index (χ1v) is 5.65. The van der Waals surface area contributed by atoms with E-state index in [4.69, 9.17) is 10.00 Å². The summed E-state index contributed by atoms with van der Waals surface area (Å²) < 4.78 is 5.62. The number of ether oxygens (including phenoxy) is 1. The molecular formula is C15H13NO2. The van der Waals surface area contributed by atoms with E-state index in [1.807, 2.05) is 12.1 Å². The fraction of sp³-hybridized carbons (Fsp3) is 0.133. The quantitative estimate of drug-likeness (QED) is 0.893. The van der Waals surface area contributed by atoms with Gasteiger partial charge in [-0.05, 0) is 42.8 Å². The van der Waals surface area contributed by atoms with E-state index in [0.29, 0.717) is 17.1 Å². The molecule has 0 radical (unpaired) electrons. The molecule has 2 aromatic rings. The summed E-state index contributed by atoms with van der Waals surface area (Å²) in [5, 5.41) is 18.2. The molecule has 0 aliphatic rings. The van der Waals surface area contributed by atoms with Crippen molar-refractivity contribution < 1.29 is 9.84 Å². The van der Waals surface area contributed by atoms with Crippen molar-refractivity contribution in [2.24, 2.45) is 0 Å². The molecule has 0 aliphatic carbocycles. The zero-order valence-electron chi connectivity index (χ0n) is 10.00. The van der Waals surface area contributed by atoms with Crippen molar-refractivity contribution in [3.05, 3.63) is 59.7 Å². The van der Waals surface area contributed by atoms with Crippen LogP contribution < -0.4 is 4.74 Å². The van der Waals surface area contributed by atoms with Crippen LogP contribution in [0, 0.1) is 11.3 Å². The number of benzene rings is 2. The Morgan fingerprint density at radius 3 is 2.44 bits per heavy atom. The van der Waals surface area contributed by atoms with E-state index < -0.39 is 6.10 Å². The van der Waals surface area contributed by atoms with E-state index in [1.165, 1.54) is 0 Å². The van der Waals surface area contributed by atoms with E-state index in [9.17, 15) is 5.11 Å². The molecule has 0 heterocycles. The van der Waals surface area contributed by atoms with E-state index in [2.05, 4.69) is 6.07 Å². The summed E-state index contributed by atoms with van der Waals surface area (Å²) in [6.45, 7) is 1.71. The first-order chi connectivity index (χ1) is 8.69. The number of hydrogen-bond acceptors (Lipinski definition) is 3. The van der Waals surface area contributed by atoms with Crippen molar-refractivity contribution in [3.63, 3.8) is 0 Å². The largest absolute Gasteiger partial charge is 0.457 e. The molecule has 0 amide bonds. The lowest BCUT2D eigenvalue weighted by Crippen LogP contribution is -1.91. The second kappa shape index (κ2) is 5.35. The third-order valence-electron chi connectivity index (χ3n) is 2.56. The predicted molar refractivity (Wildman–Crippen MR) is 68.3 cm³/mol. The maximum Gasteiger partial charge on any atom is 0.128 e. The maximum atomic E-state index is 9.40. The van der Waals surface area contributed by atoms with Gasteiger partial charge in [0.25, 0.3) is 0 Å². The second-order valence-electron chi connectivity index (χ2n) is 3.99. The molecule has 0 saturated heterocycles. The smallest absolute Gasteiger partial charge is 0.128 e. The molecule has 0 fully saturated rings. The minimum Gasteiger partial charge on any atom is -0.457 e. The van der Waals surface area contributed by atoms with Crippen LogP contribution in [0.3, 0.4) is 0 Å². The Morgan fingerprint density at radius 2 is 1.83 bits per heavy atom. The summed E-state index contributed by atoms with van der Waals surface area (Å²) in [6.07, 6.45) is -0.485. The summed E-state index contributed by atoms with van der Waals surface area (Å²) in [5.74, 6) is 1.30. The van der Waals surface area contributed by atoms with Crippen LogP contribution in [0.1, 0.15) is 24.2 Å². The van der Waals surface area contributed by atoms with Crippen LogP contribution in [0.5, 0.6) is 11.5 Å². The maximum absolute atomic E-state index is 9.40. The minimum atomic E-state index is -0.485. The Hall–Kier alpha value is -2.31. The molecule has 0 spiro atoms. The lowest BCUT2D eigenvalue weighted by molar-refractivity contribution is 0.199. The standard InChI is InChI=1S/C15H13NO2/c1-11(17)13-5-7-14(8-6-13)18-15-4-2-3-12(9-15)10-16/h2-9,11,17H,1H3. The van der Waals surface area contributed by atoms with Gasteiger partial charge >= 0.3 is 0 Å². The molecule has 2 aromatic carbocycles. The molecule has 1 unspecified atom stereocenters. The summed E-state index contributed by atoms with van der Waals surface area (Å²) in [5.41, 5.74) is 1.40. The van der Waals surface area contributed by atoms with Crippen molar-refractivity contribution in [1.29, 1.82) is 5.26 Å². The fourth-order valence-corrected chi connectivity index (χ4v) is 1.58. The first kappa shape index (κ1) is 12.2. The van der Waals surface area contributed by atoms with Crippen LogP contribution in [0.25, 0.3) is 0 Å². The molecule has 0 bridgehead atoms. The van der Waals surface area contributed by atoms with Crippen molar-refractivity contribution >= 4 is 0 Å². The molecule has 3 heteroatoms. The molecule has 1 atom stereocenters. The van der Waals surface area contributed by atoms with Gasteiger partial charge in [0.05, 0.1) is 17.7 Å². The lowest BCUT2D eigenvalue weighted by atomic mass is 10.1. The van der Waals surface area contributed by atoms with Gasteiger partial charge in [0.1, 0.15) is 11.5 Å². The first-order valence-electron chi connectivity index (χ1n) is 5.65. The Morgan fingerprint density at radius 1 is 1.11 bits per heavy atom. The normalized spacial score (nSPS) is 11.6. The molecule has 0 aliphatic heterocycles. The summed E-state index contributed by atoms with van der Waals surface area (Å²) >= 11 is 0. The molecule has 18 heavy (non-hydrogen) atoms. The van der Waals surface area contributed by atoms with E-state index in [0.717, 1.165) is 5.56 Å². The monoisotopic (exact) mass is 239 g/mol. The lowest BCUT2D eigenvalue weighted by Gasteiger charge is -2.08. The zero-order valence-corrected chi connectivity index (χ0v) is 10.00. The predicted octanol–water partition coefficient (Wildman–Crippen LogP) is 3.40. The number of aliphatic hydroxyl groups excluding tert-OH is 1. The molecule has 2 rings (SSSR count). The Bertz CT molecular complexity index is 568. The van der Waals surface area contributed by atoms with Gasteiger partial charge in [0.2, 0.25) is 0 Å². The summed E-state index contributed by atoms with van der Waals surface area (Å²) in [7, 11) is 0.